The molecule has 1 fully saturated rings. The number of ether oxygens (including phenoxy) is 1. The van der Waals surface area contributed by atoms with Crippen LogP contribution in [0.5, 0.6) is 0 Å². The summed E-state index contributed by atoms with van der Waals surface area (Å²) in [6, 6.07) is 2.12. The van der Waals surface area contributed by atoms with E-state index in [1.807, 2.05) is 10.7 Å². The van der Waals surface area contributed by atoms with Crippen molar-refractivity contribution in [3.63, 3.8) is 0 Å². The van der Waals surface area contributed by atoms with E-state index in [0.717, 1.165) is 62.4 Å². The first kappa shape index (κ1) is 20.7. The molecule has 7 nitrogen and oxygen atoms in total. The highest BCUT2D eigenvalue weighted by Crippen LogP contribution is 2.24. The highest BCUT2D eigenvalue weighted by Gasteiger charge is 2.18. The van der Waals surface area contributed by atoms with E-state index in [4.69, 9.17) is 9.72 Å². The van der Waals surface area contributed by atoms with Crippen molar-refractivity contribution in [2.75, 3.05) is 39.4 Å². The molecule has 28 heavy (non-hydrogen) atoms. The number of morpholine rings is 1. The molecule has 0 spiro atoms. The quantitative estimate of drug-likeness (QED) is 0.705. The maximum atomic E-state index is 12.9. The molecular formula is C21H33N5O2. The molecule has 2 aromatic heterocycles. The summed E-state index contributed by atoms with van der Waals surface area (Å²) in [6.45, 7) is 13.8. The normalized spacial score (nSPS) is 15.6. The second-order valence-corrected chi connectivity index (χ2v) is 8.09. The first-order valence-corrected chi connectivity index (χ1v) is 10.4. The predicted molar refractivity (Wildman–Crippen MR) is 111 cm³/mol. The van der Waals surface area contributed by atoms with Gasteiger partial charge in [-0.15, -0.1) is 0 Å². The minimum Gasteiger partial charge on any atom is -0.379 e. The Labute approximate surface area is 167 Å². The second kappa shape index (κ2) is 9.47. The predicted octanol–water partition coefficient (Wildman–Crippen LogP) is 2.98. The molecule has 1 aliphatic rings. The minimum atomic E-state index is -0.0380. The monoisotopic (exact) mass is 387 g/mol. The third kappa shape index (κ3) is 4.89. The number of amides is 1. The fourth-order valence-electron chi connectivity index (χ4n) is 3.48. The van der Waals surface area contributed by atoms with Crippen LogP contribution in [0.1, 0.15) is 68.5 Å². The molecule has 3 heterocycles. The number of carbonyl (C=O) groups is 1. The van der Waals surface area contributed by atoms with Gasteiger partial charge in [0.1, 0.15) is 0 Å². The van der Waals surface area contributed by atoms with Crippen LogP contribution in [0, 0.1) is 0 Å². The van der Waals surface area contributed by atoms with Crippen LogP contribution in [0.4, 0.5) is 0 Å². The summed E-state index contributed by atoms with van der Waals surface area (Å²) in [5, 5.41) is 8.37. The highest BCUT2D eigenvalue weighted by molar-refractivity contribution is 6.05. The van der Waals surface area contributed by atoms with Gasteiger partial charge in [0.25, 0.3) is 5.91 Å². The Hall–Kier alpha value is -1.99. The lowest BCUT2D eigenvalue weighted by Crippen LogP contribution is -2.37. The van der Waals surface area contributed by atoms with Crippen molar-refractivity contribution in [2.24, 2.45) is 0 Å². The lowest BCUT2D eigenvalue weighted by molar-refractivity contribution is 0.0372. The van der Waals surface area contributed by atoms with Gasteiger partial charge in [0.15, 0.2) is 5.65 Å². The number of aromatic nitrogens is 3. The molecular weight excluding hydrogens is 354 g/mol. The number of carbonyl (C=O) groups excluding carboxylic acids is 1. The van der Waals surface area contributed by atoms with E-state index in [0.29, 0.717) is 12.1 Å². The minimum absolute atomic E-state index is 0.0380. The summed E-state index contributed by atoms with van der Waals surface area (Å²) < 4.78 is 7.26. The van der Waals surface area contributed by atoms with Crippen molar-refractivity contribution >= 4 is 16.9 Å². The molecule has 1 N–H and O–H groups in total. The van der Waals surface area contributed by atoms with Gasteiger partial charge in [-0.05, 0) is 45.2 Å². The fraction of sp³-hybridized carbons (Fsp3) is 0.667. The number of rotatable bonds is 8. The van der Waals surface area contributed by atoms with Gasteiger partial charge < -0.3 is 10.1 Å². The van der Waals surface area contributed by atoms with Crippen LogP contribution >= 0.6 is 0 Å². The molecule has 1 aliphatic heterocycles. The Bertz CT molecular complexity index is 793. The molecule has 0 aromatic carbocycles. The van der Waals surface area contributed by atoms with Gasteiger partial charge in [-0.2, -0.15) is 5.10 Å². The Morgan fingerprint density at radius 2 is 1.96 bits per heavy atom. The maximum Gasteiger partial charge on any atom is 0.252 e. The standard InChI is InChI=1S/C21H33N5O2/c1-15(2)19-13-17(18-14-23-26(16(3)4)20(18)24-19)21(27)22-7-5-6-8-25-9-11-28-12-10-25/h13-16H,5-12H2,1-4H3,(H,22,27). The molecule has 0 aliphatic carbocycles. The summed E-state index contributed by atoms with van der Waals surface area (Å²) in [7, 11) is 0. The smallest absolute Gasteiger partial charge is 0.252 e. The molecule has 1 amide bonds. The van der Waals surface area contributed by atoms with Crippen molar-refractivity contribution in [3.05, 3.63) is 23.5 Å². The summed E-state index contributed by atoms with van der Waals surface area (Å²) in [5.74, 6) is 0.212. The lowest BCUT2D eigenvalue weighted by Gasteiger charge is -2.26. The van der Waals surface area contributed by atoms with Gasteiger partial charge in [-0.3, -0.25) is 9.69 Å². The maximum absolute atomic E-state index is 12.9. The van der Waals surface area contributed by atoms with Crippen molar-refractivity contribution in [1.29, 1.82) is 0 Å². The number of unbranched alkanes of at least 4 members (excludes halogenated alkanes) is 1. The zero-order valence-corrected chi connectivity index (χ0v) is 17.6. The number of fused-ring (bicyclic) bond motifs is 1. The molecule has 0 saturated carbocycles. The van der Waals surface area contributed by atoms with E-state index in [1.54, 1.807) is 6.20 Å². The first-order chi connectivity index (χ1) is 13.5. The number of nitrogens with zero attached hydrogens (tertiary/aromatic N) is 4. The van der Waals surface area contributed by atoms with Gasteiger partial charge in [-0.25, -0.2) is 9.67 Å². The fourth-order valence-corrected chi connectivity index (χ4v) is 3.48. The van der Waals surface area contributed by atoms with Crippen molar-refractivity contribution in [3.8, 4) is 0 Å². The van der Waals surface area contributed by atoms with Crippen LogP contribution in [0.25, 0.3) is 11.0 Å². The Kier molecular flexibility index (Phi) is 7.02. The van der Waals surface area contributed by atoms with Gasteiger partial charge >= 0.3 is 0 Å². The molecule has 0 radical (unpaired) electrons. The van der Waals surface area contributed by atoms with Crippen molar-refractivity contribution < 1.29 is 9.53 Å². The van der Waals surface area contributed by atoms with Crippen molar-refractivity contribution in [1.82, 2.24) is 25.0 Å². The van der Waals surface area contributed by atoms with Crippen LogP contribution in [-0.2, 0) is 4.74 Å². The van der Waals surface area contributed by atoms with Crippen LogP contribution in [-0.4, -0.2) is 65.0 Å². The SMILES string of the molecule is CC(C)c1cc(C(=O)NCCCCN2CCOCC2)c2cnn(C(C)C)c2n1. The third-order valence-corrected chi connectivity index (χ3v) is 5.20. The highest BCUT2D eigenvalue weighted by atomic mass is 16.5. The summed E-state index contributed by atoms with van der Waals surface area (Å²) in [4.78, 5) is 20.1. The van der Waals surface area contributed by atoms with E-state index in [-0.39, 0.29) is 17.9 Å². The number of pyridine rings is 1. The Balaban J connectivity index is 1.63. The molecule has 0 atom stereocenters. The van der Waals surface area contributed by atoms with E-state index in [1.165, 1.54) is 0 Å². The van der Waals surface area contributed by atoms with Crippen LogP contribution in [0.2, 0.25) is 0 Å². The molecule has 2 aromatic rings. The Morgan fingerprint density at radius 3 is 2.64 bits per heavy atom. The lowest BCUT2D eigenvalue weighted by atomic mass is 10.0. The molecule has 7 heteroatoms. The number of hydrogen-bond donors (Lipinski definition) is 1. The van der Waals surface area contributed by atoms with Crippen LogP contribution in [0.3, 0.4) is 0 Å². The number of hydrogen-bond acceptors (Lipinski definition) is 5. The zero-order valence-electron chi connectivity index (χ0n) is 17.6. The second-order valence-electron chi connectivity index (χ2n) is 8.09. The Morgan fingerprint density at radius 1 is 1.21 bits per heavy atom. The first-order valence-electron chi connectivity index (χ1n) is 10.4. The summed E-state index contributed by atoms with van der Waals surface area (Å²) >= 11 is 0. The van der Waals surface area contributed by atoms with Crippen LogP contribution < -0.4 is 5.32 Å². The zero-order chi connectivity index (χ0) is 20.1. The molecule has 3 rings (SSSR count). The third-order valence-electron chi connectivity index (χ3n) is 5.20. The van der Waals surface area contributed by atoms with Gasteiger partial charge in [0.05, 0.1) is 30.4 Å². The van der Waals surface area contributed by atoms with Gasteiger partial charge in [0, 0.05) is 31.4 Å². The summed E-state index contributed by atoms with van der Waals surface area (Å²) in [5.41, 5.74) is 2.39. The van der Waals surface area contributed by atoms with Crippen molar-refractivity contribution in [2.45, 2.75) is 52.5 Å². The molecule has 0 unspecified atom stereocenters. The van der Waals surface area contributed by atoms with E-state index < -0.39 is 0 Å². The average molecular weight is 388 g/mol. The summed E-state index contributed by atoms with van der Waals surface area (Å²) in [6.07, 6.45) is 3.81. The number of nitrogens with one attached hydrogen (secondary N) is 1. The van der Waals surface area contributed by atoms with E-state index in [2.05, 4.69) is 43.0 Å². The average Bonchev–Trinajstić information content (AvgIpc) is 3.12. The van der Waals surface area contributed by atoms with Gasteiger partial charge in [-0.1, -0.05) is 13.8 Å². The largest absolute Gasteiger partial charge is 0.379 e. The molecule has 0 bridgehead atoms. The van der Waals surface area contributed by atoms with E-state index >= 15 is 0 Å². The van der Waals surface area contributed by atoms with Crippen LogP contribution in [0.15, 0.2) is 12.3 Å². The van der Waals surface area contributed by atoms with Gasteiger partial charge in [0.2, 0.25) is 0 Å². The molecule has 1 saturated heterocycles. The van der Waals surface area contributed by atoms with E-state index in [9.17, 15) is 4.79 Å². The molecule has 154 valence electrons. The topological polar surface area (TPSA) is 72.3 Å².